The number of carbonyl (C=O) groups is 1. The highest BCUT2D eigenvalue weighted by atomic mass is 19.3. The Morgan fingerprint density at radius 1 is 1.64 bits per heavy atom. The van der Waals surface area contributed by atoms with Gasteiger partial charge in [-0.2, -0.15) is 0 Å². The van der Waals surface area contributed by atoms with Crippen LogP contribution in [0.25, 0.3) is 0 Å². The average Bonchev–Trinajstić information content (AvgIpc) is 2.32. The molecule has 0 radical (unpaired) electrons. The zero-order valence-corrected chi connectivity index (χ0v) is 5.80. The summed E-state index contributed by atoms with van der Waals surface area (Å²) in [6.45, 7) is 0.197. The lowest BCUT2D eigenvalue weighted by atomic mass is 10.0. The fourth-order valence-electron chi connectivity index (χ4n) is 1.16. The molecule has 64 valence electrons. The van der Waals surface area contributed by atoms with Gasteiger partial charge in [-0.15, -0.1) is 0 Å². The predicted molar refractivity (Wildman–Crippen MR) is 33.0 cm³/mol. The van der Waals surface area contributed by atoms with E-state index in [4.69, 9.17) is 5.73 Å². The van der Waals surface area contributed by atoms with Gasteiger partial charge in [0, 0.05) is 6.61 Å². The molecule has 0 unspecified atom stereocenters. The van der Waals surface area contributed by atoms with E-state index < -0.39 is 24.4 Å². The van der Waals surface area contributed by atoms with Crippen molar-refractivity contribution in [2.24, 2.45) is 11.7 Å². The standard InChI is InChI=1S/C6H9F2NO2/c7-5(8)4-3(6(9)10)1-2-11-4/h3-5H,1-2H2,(H2,9,10)/t3-,4+/m1/s1. The number of amides is 1. The first-order chi connectivity index (χ1) is 5.13. The van der Waals surface area contributed by atoms with E-state index in [1.165, 1.54) is 0 Å². The number of ether oxygens (including phenoxy) is 1. The van der Waals surface area contributed by atoms with Crippen LogP contribution in [0.5, 0.6) is 0 Å². The lowest BCUT2D eigenvalue weighted by Crippen LogP contribution is -2.34. The highest BCUT2D eigenvalue weighted by Gasteiger charge is 2.38. The van der Waals surface area contributed by atoms with Crippen molar-refractivity contribution in [3.8, 4) is 0 Å². The van der Waals surface area contributed by atoms with Crippen molar-refractivity contribution >= 4 is 5.91 Å². The van der Waals surface area contributed by atoms with Gasteiger partial charge in [0.05, 0.1) is 5.92 Å². The van der Waals surface area contributed by atoms with Gasteiger partial charge in [0.1, 0.15) is 6.10 Å². The van der Waals surface area contributed by atoms with E-state index in [1.54, 1.807) is 0 Å². The Balaban J connectivity index is 2.58. The quantitative estimate of drug-likeness (QED) is 0.632. The summed E-state index contributed by atoms with van der Waals surface area (Å²) >= 11 is 0. The lowest BCUT2D eigenvalue weighted by Gasteiger charge is -2.13. The second-order valence-electron chi connectivity index (χ2n) is 2.47. The molecule has 1 rings (SSSR count). The zero-order chi connectivity index (χ0) is 8.43. The van der Waals surface area contributed by atoms with Crippen LogP contribution in [0.4, 0.5) is 8.78 Å². The molecule has 5 heteroatoms. The number of hydrogen-bond donors (Lipinski definition) is 1. The van der Waals surface area contributed by atoms with E-state index in [0.717, 1.165) is 0 Å². The highest BCUT2D eigenvalue weighted by molar-refractivity contribution is 5.77. The van der Waals surface area contributed by atoms with Crippen molar-refractivity contribution in [2.45, 2.75) is 19.0 Å². The molecule has 1 heterocycles. The summed E-state index contributed by atoms with van der Waals surface area (Å²) in [6.07, 6.45) is -3.59. The second-order valence-corrected chi connectivity index (χ2v) is 2.47. The lowest BCUT2D eigenvalue weighted by molar-refractivity contribution is -0.127. The highest BCUT2D eigenvalue weighted by Crippen LogP contribution is 2.25. The molecule has 0 spiro atoms. The minimum absolute atomic E-state index is 0.197. The third kappa shape index (κ3) is 1.65. The fraction of sp³-hybridized carbons (Fsp3) is 0.833. The van der Waals surface area contributed by atoms with Gasteiger partial charge in [-0.3, -0.25) is 4.79 Å². The summed E-state index contributed by atoms with van der Waals surface area (Å²) in [7, 11) is 0. The van der Waals surface area contributed by atoms with Crippen LogP contribution in [-0.4, -0.2) is 25.0 Å². The van der Waals surface area contributed by atoms with E-state index in [2.05, 4.69) is 4.74 Å². The molecule has 0 aliphatic carbocycles. The molecule has 11 heavy (non-hydrogen) atoms. The maximum Gasteiger partial charge on any atom is 0.265 e. The molecule has 1 aliphatic rings. The maximum atomic E-state index is 12.0. The average molecular weight is 165 g/mol. The molecule has 0 aromatic rings. The first-order valence-electron chi connectivity index (χ1n) is 3.32. The SMILES string of the molecule is NC(=O)[C@@H]1CCO[C@@H]1C(F)F. The Morgan fingerprint density at radius 2 is 2.27 bits per heavy atom. The van der Waals surface area contributed by atoms with Crippen LogP contribution in [0, 0.1) is 5.92 Å². The summed E-state index contributed by atoms with van der Waals surface area (Å²) in [5.74, 6) is -1.51. The van der Waals surface area contributed by atoms with Crippen LogP contribution < -0.4 is 5.73 Å². The van der Waals surface area contributed by atoms with Crippen molar-refractivity contribution in [3.05, 3.63) is 0 Å². The monoisotopic (exact) mass is 165 g/mol. The summed E-state index contributed by atoms with van der Waals surface area (Å²) in [4.78, 5) is 10.5. The van der Waals surface area contributed by atoms with Gasteiger partial charge in [-0.1, -0.05) is 0 Å². The van der Waals surface area contributed by atoms with Gasteiger partial charge in [-0.25, -0.2) is 8.78 Å². The largest absolute Gasteiger partial charge is 0.371 e. The zero-order valence-electron chi connectivity index (χ0n) is 5.80. The van der Waals surface area contributed by atoms with Crippen LogP contribution in [0.3, 0.4) is 0 Å². The minimum Gasteiger partial charge on any atom is -0.371 e. The van der Waals surface area contributed by atoms with Gasteiger partial charge >= 0.3 is 0 Å². The van der Waals surface area contributed by atoms with Crippen LogP contribution in [0.2, 0.25) is 0 Å². The molecule has 0 saturated carbocycles. The first-order valence-corrected chi connectivity index (χ1v) is 3.32. The van der Waals surface area contributed by atoms with E-state index >= 15 is 0 Å². The number of alkyl halides is 2. The van der Waals surface area contributed by atoms with Gasteiger partial charge < -0.3 is 10.5 Å². The topological polar surface area (TPSA) is 52.3 Å². The molecule has 0 aromatic heterocycles. The molecule has 1 aliphatic heterocycles. The Labute approximate surface area is 62.5 Å². The van der Waals surface area contributed by atoms with Crippen molar-refractivity contribution in [1.29, 1.82) is 0 Å². The van der Waals surface area contributed by atoms with Gasteiger partial charge in [-0.05, 0) is 6.42 Å². The predicted octanol–water partition coefficient (Wildman–Crippen LogP) is 0.142. The van der Waals surface area contributed by atoms with Crippen molar-refractivity contribution in [2.75, 3.05) is 6.61 Å². The number of carbonyl (C=O) groups excluding carboxylic acids is 1. The second kappa shape index (κ2) is 3.13. The van der Waals surface area contributed by atoms with Crippen molar-refractivity contribution in [3.63, 3.8) is 0 Å². The Morgan fingerprint density at radius 3 is 2.64 bits per heavy atom. The van der Waals surface area contributed by atoms with Crippen molar-refractivity contribution < 1.29 is 18.3 Å². The third-order valence-corrected chi connectivity index (χ3v) is 1.75. The minimum atomic E-state index is -2.62. The molecule has 1 fully saturated rings. The Bertz CT molecular complexity index is 163. The van der Waals surface area contributed by atoms with Gasteiger partial charge in [0.15, 0.2) is 0 Å². The number of nitrogens with two attached hydrogens (primary N) is 1. The molecule has 1 amide bonds. The molecular weight excluding hydrogens is 156 g/mol. The molecule has 0 aromatic carbocycles. The van der Waals surface area contributed by atoms with Crippen LogP contribution in [0.1, 0.15) is 6.42 Å². The Kier molecular flexibility index (Phi) is 2.38. The number of rotatable bonds is 2. The van der Waals surface area contributed by atoms with E-state index in [9.17, 15) is 13.6 Å². The Hall–Kier alpha value is -0.710. The number of primary amides is 1. The molecule has 1 saturated heterocycles. The van der Waals surface area contributed by atoms with Crippen molar-refractivity contribution in [1.82, 2.24) is 0 Å². The summed E-state index contributed by atoms with van der Waals surface area (Å²) < 4.78 is 28.7. The molecular formula is C6H9F2NO2. The summed E-state index contributed by atoms with van der Waals surface area (Å²) in [5, 5.41) is 0. The molecule has 2 atom stereocenters. The van der Waals surface area contributed by atoms with Gasteiger partial charge in [0.2, 0.25) is 5.91 Å². The summed E-state index contributed by atoms with van der Waals surface area (Å²) in [6, 6.07) is 0. The van der Waals surface area contributed by atoms with E-state index in [-0.39, 0.29) is 6.61 Å². The van der Waals surface area contributed by atoms with Crippen LogP contribution >= 0.6 is 0 Å². The number of hydrogen-bond acceptors (Lipinski definition) is 2. The number of halogens is 2. The van der Waals surface area contributed by atoms with E-state index in [1.807, 2.05) is 0 Å². The fourth-order valence-corrected chi connectivity index (χ4v) is 1.16. The smallest absolute Gasteiger partial charge is 0.265 e. The van der Waals surface area contributed by atoms with Gasteiger partial charge in [0.25, 0.3) is 6.43 Å². The molecule has 3 nitrogen and oxygen atoms in total. The van der Waals surface area contributed by atoms with Crippen LogP contribution in [-0.2, 0) is 9.53 Å². The molecule has 0 bridgehead atoms. The normalized spacial score (nSPS) is 31.2. The van der Waals surface area contributed by atoms with E-state index in [0.29, 0.717) is 6.42 Å². The first kappa shape index (κ1) is 8.39. The van der Waals surface area contributed by atoms with Crippen LogP contribution in [0.15, 0.2) is 0 Å². The third-order valence-electron chi connectivity index (χ3n) is 1.75. The summed E-state index contributed by atoms with van der Waals surface area (Å²) in [5.41, 5.74) is 4.87. The maximum absolute atomic E-state index is 12.0. The molecule has 2 N–H and O–H groups in total.